The van der Waals surface area contributed by atoms with E-state index in [9.17, 15) is 0 Å². The van der Waals surface area contributed by atoms with Crippen LogP contribution < -0.4 is 0 Å². The molecule has 0 amide bonds. The van der Waals surface area contributed by atoms with Gasteiger partial charge in [0.2, 0.25) is 0 Å². The van der Waals surface area contributed by atoms with E-state index < -0.39 is 0 Å². The van der Waals surface area contributed by atoms with Crippen LogP contribution in [0.3, 0.4) is 0 Å². The summed E-state index contributed by atoms with van der Waals surface area (Å²) in [7, 11) is 0. The van der Waals surface area contributed by atoms with Gasteiger partial charge in [-0.25, -0.2) is 9.97 Å². The SMILES string of the molecule is Cc1cc(C)c2c(c1)c1nc3ccccc3nc1n2Cc1ccccc1Cl. The molecule has 5 rings (SSSR count). The Morgan fingerprint density at radius 3 is 2.37 bits per heavy atom. The minimum atomic E-state index is 0.663. The predicted molar refractivity (Wildman–Crippen MR) is 113 cm³/mol. The van der Waals surface area contributed by atoms with Crippen LogP contribution in [0.15, 0.2) is 60.7 Å². The van der Waals surface area contributed by atoms with Crippen LogP contribution in [0, 0.1) is 13.8 Å². The average Bonchev–Trinajstić information content (AvgIpc) is 2.95. The summed E-state index contributed by atoms with van der Waals surface area (Å²) >= 11 is 6.45. The van der Waals surface area contributed by atoms with Crippen LogP contribution in [-0.4, -0.2) is 14.5 Å². The van der Waals surface area contributed by atoms with Crippen molar-refractivity contribution in [3.8, 4) is 0 Å². The summed E-state index contributed by atoms with van der Waals surface area (Å²) in [6.45, 7) is 4.94. The number of hydrogen-bond donors (Lipinski definition) is 0. The second-order valence-corrected chi connectivity index (χ2v) is 7.45. The first-order chi connectivity index (χ1) is 13.1. The van der Waals surface area contributed by atoms with Gasteiger partial charge in [-0.05, 0) is 49.2 Å². The number of para-hydroxylation sites is 2. The van der Waals surface area contributed by atoms with E-state index in [1.807, 2.05) is 42.5 Å². The zero-order valence-corrected chi connectivity index (χ0v) is 16.0. The van der Waals surface area contributed by atoms with E-state index in [0.717, 1.165) is 38.2 Å². The highest BCUT2D eigenvalue weighted by molar-refractivity contribution is 6.31. The van der Waals surface area contributed by atoms with Gasteiger partial charge in [0, 0.05) is 10.4 Å². The van der Waals surface area contributed by atoms with Crippen molar-refractivity contribution in [3.05, 3.63) is 82.4 Å². The van der Waals surface area contributed by atoms with Crippen molar-refractivity contribution in [2.75, 3.05) is 0 Å². The Kier molecular flexibility index (Phi) is 3.66. The van der Waals surface area contributed by atoms with Crippen LogP contribution >= 0.6 is 11.6 Å². The normalized spacial score (nSPS) is 11.7. The number of aromatic nitrogens is 3. The highest BCUT2D eigenvalue weighted by Gasteiger charge is 2.17. The fourth-order valence-electron chi connectivity index (χ4n) is 3.92. The van der Waals surface area contributed by atoms with Gasteiger partial charge in [0.15, 0.2) is 5.65 Å². The summed E-state index contributed by atoms with van der Waals surface area (Å²) in [5.41, 5.74) is 8.37. The summed E-state index contributed by atoms with van der Waals surface area (Å²) in [5.74, 6) is 0. The second-order valence-electron chi connectivity index (χ2n) is 7.04. The molecule has 0 aliphatic rings. The largest absolute Gasteiger partial charge is 0.319 e. The van der Waals surface area contributed by atoms with E-state index >= 15 is 0 Å². The molecule has 3 aromatic carbocycles. The third-order valence-electron chi connectivity index (χ3n) is 5.06. The highest BCUT2D eigenvalue weighted by Crippen LogP contribution is 2.32. The number of rotatable bonds is 2. The number of aryl methyl sites for hydroxylation is 2. The van der Waals surface area contributed by atoms with E-state index in [2.05, 4.69) is 36.6 Å². The molecular weight excluding hydrogens is 354 g/mol. The van der Waals surface area contributed by atoms with E-state index in [-0.39, 0.29) is 0 Å². The Bertz CT molecular complexity index is 1330. The lowest BCUT2D eigenvalue weighted by Crippen LogP contribution is -2.02. The summed E-state index contributed by atoms with van der Waals surface area (Å²) in [6, 6.07) is 20.4. The monoisotopic (exact) mass is 371 g/mol. The van der Waals surface area contributed by atoms with Crippen LogP contribution in [0.2, 0.25) is 5.02 Å². The van der Waals surface area contributed by atoms with Gasteiger partial charge < -0.3 is 4.57 Å². The van der Waals surface area contributed by atoms with Crippen molar-refractivity contribution in [2.45, 2.75) is 20.4 Å². The molecule has 132 valence electrons. The maximum absolute atomic E-state index is 6.45. The molecule has 0 N–H and O–H groups in total. The molecule has 0 aliphatic carbocycles. The van der Waals surface area contributed by atoms with Crippen molar-refractivity contribution >= 4 is 44.7 Å². The minimum Gasteiger partial charge on any atom is -0.319 e. The lowest BCUT2D eigenvalue weighted by Gasteiger charge is -2.10. The topological polar surface area (TPSA) is 30.7 Å². The van der Waals surface area contributed by atoms with Gasteiger partial charge in [-0.15, -0.1) is 0 Å². The zero-order chi connectivity index (χ0) is 18.5. The molecule has 0 saturated heterocycles. The molecule has 4 heteroatoms. The van der Waals surface area contributed by atoms with Crippen LogP contribution in [0.25, 0.3) is 33.1 Å². The molecule has 0 fully saturated rings. The second kappa shape index (κ2) is 6.07. The highest BCUT2D eigenvalue weighted by atomic mass is 35.5. The zero-order valence-electron chi connectivity index (χ0n) is 15.2. The molecule has 0 aliphatic heterocycles. The predicted octanol–water partition coefficient (Wildman–Crippen LogP) is 6.06. The van der Waals surface area contributed by atoms with Gasteiger partial charge in [-0.1, -0.05) is 53.6 Å². The lowest BCUT2D eigenvalue weighted by atomic mass is 10.1. The minimum absolute atomic E-state index is 0.663. The number of benzene rings is 3. The van der Waals surface area contributed by atoms with Gasteiger partial charge >= 0.3 is 0 Å². The maximum Gasteiger partial charge on any atom is 0.160 e. The third-order valence-corrected chi connectivity index (χ3v) is 5.43. The molecule has 5 aromatic rings. The molecular formula is C23H18ClN3. The molecule has 0 bridgehead atoms. The van der Waals surface area contributed by atoms with Crippen molar-refractivity contribution in [1.29, 1.82) is 0 Å². The standard InChI is InChI=1S/C23H18ClN3/c1-14-11-15(2)22-17(12-14)21-23(26-20-10-6-5-9-19(20)25-21)27(22)13-16-7-3-4-8-18(16)24/h3-12H,13H2,1-2H3. The lowest BCUT2D eigenvalue weighted by molar-refractivity contribution is 0.854. The Balaban J connectivity index is 1.91. The molecule has 27 heavy (non-hydrogen) atoms. The Labute approximate surface area is 162 Å². The molecule has 3 nitrogen and oxygen atoms in total. The molecule has 2 heterocycles. The first-order valence-electron chi connectivity index (χ1n) is 9.01. The van der Waals surface area contributed by atoms with Crippen molar-refractivity contribution in [2.24, 2.45) is 0 Å². The van der Waals surface area contributed by atoms with Crippen molar-refractivity contribution in [3.63, 3.8) is 0 Å². The fraction of sp³-hybridized carbons (Fsp3) is 0.130. The quantitative estimate of drug-likeness (QED) is 0.378. The third kappa shape index (κ3) is 2.58. The van der Waals surface area contributed by atoms with Crippen LogP contribution in [-0.2, 0) is 6.54 Å². The fourth-order valence-corrected chi connectivity index (χ4v) is 4.11. The average molecular weight is 372 g/mol. The summed E-state index contributed by atoms with van der Waals surface area (Å²) in [4.78, 5) is 9.93. The van der Waals surface area contributed by atoms with E-state index in [0.29, 0.717) is 6.54 Å². The van der Waals surface area contributed by atoms with Gasteiger partial charge in [0.1, 0.15) is 5.52 Å². The van der Waals surface area contributed by atoms with Gasteiger partial charge in [0.25, 0.3) is 0 Å². The van der Waals surface area contributed by atoms with E-state index in [1.165, 1.54) is 16.6 Å². The summed E-state index contributed by atoms with van der Waals surface area (Å²) in [6.07, 6.45) is 0. The van der Waals surface area contributed by atoms with Crippen molar-refractivity contribution < 1.29 is 0 Å². The van der Waals surface area contributed by atoms with Crippen LogP contribution in [0.1, 0.15) is 16.7 Å². The molecule has 0 spiro atoms. The number of hydrogen-bond acceptors (Lipinski definition) is 2. The van der Waals surface area contributed by atoms with E-state index in [1.54, 1.807) is 0 Å². The van der Waals surface area contributed by atoms with Crippen molar-refractivity contribution in [1.82, 2.24) is 14.5 Å². The number of halogens is 1. The molecule has 0 unspecified atom stereocenters. The summed E-state index contributed by atoms with van der Waals surface area (Å²) < 4.78 is 2.25. The number of fused-ring (bicyclic) bond motifs is 4. The van der Waals surface area contributed by atoms with Gasteiger partial charge in [-0.2, -0.15) is 0 Å². The Morgan fingerprint density at radius 1 is 0.889 bits per heavy atom. The smallest absolute Gasteiger partial charge is 0.160 e. The molecule has 2 aromatic heterocycles. The van der Waals surface area contributed by atoms with E-state index in [4.69, 9.17) is 21.6 Å². The Morgan fingerprint density at radius 2 is 1.59 bits per heavy atom. The first kappa shape index (κ1) is 16.3. The summed E-state index contributed by atoms with van der Waals surface area (Å²) in [5, 5.41) is 1.92. The molecule has 0 radical (unpaired) electrons. The Hall–Kier alpha value is -2.91. The van der Waals surface area contributed by atoms with Gasteiger partial charge in [0.05, 0.1) is 23.1 Å². The molecule has 0 saturated carbocycles. The van der Waals surface area contributed by atoms with Crippen LogP contribution in [0.4, 0.5) is 0 Å². The van der Waals surface area contributed by atoms with Crippen LogP contribution in [0.5, 0.6) is 0 Å². The number of nitrogens with zero attached hydrogens (tertiary/aromatic N) is 3. The van der Waals surface area contributed by atoms with Gasteiger partial charge in [-0.3, -0.25) is 0 Å². The maximum atomic E-state index is 6.45. The first-order valence-corrected chi connectivity index (χ1v) is 9.39. The molecule has 0 atom stereocenters.